The number of hydrogen-bond donors (Lipinski definition) is 1. The summed E-state index contributed by atoms with van der Waals surface area (Å²) in [6.45, 7) is 8.09. The van der Waals surface area contributed by atoms with Crippen LogP contribution in [0.5, 0.6) is 0 Å². The fraction of sp³-hybridized carbons (Fsp3) is 0.857. The molecule has 31 heavy (non-hydrogen) atoms. The molecular formula is C21H33F3O7. The molecule has 0 amide bonds. The first-order valence-electron chi connectivity index (χ1n) is 10.3. The first-order valence-corrected chi connectivity index (χ1v) is 10.3. The van der Waals surface area contributed by atoms with Crippen LogP contribution in [0.1, 0.15) is 73.6 Å². The van der Waals surface area contributed by atoms with E-state index in [1.807, 2.05) is 20.8 Å². The molecule has 0 aromatic rings. The normalized spacial score (nSPS) is 22.3. The van der Waals surface area contributed by atoms with Crippen molar-refractivity contribution in [2.75, 3.05) is 6.61 Å². The summed E-state index contributed by atoms with van der Waals surface area (Å²) in [6, 6.07) is 0. The smallest absolute Gasteiger partial charge is 0.427 e. The SMILES string of the molecule is CCC(C)(C)C(=O)OC1CCC(C(C)(C)OC(=O)COC(=O)C(C)(O)C(F)(F)F)CC1. The minimum absolute atomic E-state index is 0.0698. The van der Waals surface area contributed by atoms with Crippen LogP contribution in [0.2, 0.25) is 0 Å². The molecule has 10 heteroatoms. The Morgan fingerprint density at radius 3 is 1.90 bits per heavy atom. The third kappa shape index (κ3) is 7.08. The molecule has 0 heterocycles. The average molecular weight is 454 g/mol. The van der Waals surface area contributed by atoms with Gasteiger partial charge in [-0.2, -0.15) is 13.2 Å². The molecule has 0 radical (unpaired) electrons. The lowest BCUT2D eigenvalue weighted by Gasteiger charge is -2.39. The molecule has 1 aliphatic carbocycles. The summed E-state index contributed by atoms with van der Waals surface area (Å²) in [6.07, 6.45) is -2.36. The van der Waals surface area contributed by atoms with Gasteiger partial charge in [-0.3, -0.25) is 4.79 Å². The number of halogens is 3. The van der Waals surface area contributed by atoms with Crippen molar-refractivity contribution < 1.29 is 46.9 Å². The Kier molecular flexibility index (Phi) is 8.55. The monoisotopic (exact) mass is 454 g/mol. The summed E-state index contributed by atoms with van der Waals surface area (Å²) in [5.41, 5.74) is -5.24. The number of aliphatic hydroxyl groups is 1. The van der Waals surface area contributed by atoms with E-state index < -0.39 is 41.3 Å². The molecule has 1 N–H and O–H groups in total. The summed E-state index contributed by atoms with van der Waals surface area (Å²) in [4.78, 5) is 35.7. The minimum atomic E-state index is -5.23. The number of rotatable bonds is 8. The zero-order valence-electron chi connectivity index (χ0n) is 18.9. The fourth-order valence-corrected chi connectivity index (χ4v) is 3.12. The maximum absolute atomic E-state index is 12.6. The predicted octanol–water partition coefficient (Wildman–Crippen LogP) is 3.70. The molecule has 1 atom stereocenters. The van der Waals surface area contributed by atoms with Crippen molar-refractivity contribution in [1.29, 1.82) is 0 Å². The van der Waals surface area contributed by atoms with Crippen LogP contribution in [0, 0.1) is 11.3 Å². The highest BCUT2D eigenvalue weighted by molar-refractivity contribution is 5.82. The third-order valence-electron chi connectivity index (χ3n) is 6.02. The first kappa shape index (κ1) is 27.2. The molecule has 0 aromatic carbocycles. The number of carbonyl (C=O) groups excluding carboxylic acids is 3. The quantitative estimate of drug-likeness (QED) is 0.441. The summed E-state index contributed by atoms with van der Waals surface area (Å²) in [5.74, 6) is -3.32. The van der Waals surface area contributed by atoms with Crippen LogP contribution in [-0.2, 0) is 28.6 Å². The van der Waals surface area contributed by atoms with Crippen molar-refractivity contribution >= 4 is 17.9 Å². The zero-order chi connectivity index (χ0) is 24.3. The van der Waals surface area contributed by atoms with Crippen LogP contribution < -0.4 is 0 Å². The Morgan fingerprint density at radius 2 is 1.45 bits per heavy atom. The van der Waals surface area contributed by atoms with Gasteiger partial charge in [0.1, 0.15) is 11.7 Å². The van der Waals surface area contributed by atoms with E-state index in [0.717, 1.165) is 0 Å². The minimum Gasteiger partial charge on any atom is -0.462 e. The molecule has 0 bridgehead atoms. The highest BCUT2D eigenvalue weighted by Gasteiger charge is 2.57. The van der Waals surface area contributed by atoms with E-state index in [1.54, 1.807) is 13.8 Å². The van der Waals surface area contributed by atoms with Gasteiger partial charge in [0.25, 0.3) is 5.60 Å². The molecule has 180 valence electrons. The van der Waals surface area contributed by atoms with Gasteiger partial charge in [0.05, 0.1) is 5.41 Å². The van der Waals surface area contributed by atoms with Crippen molar-refractivity contribution in [3.8, 4) is 0 Å². The van der Waals surface area contributed by atoms with Gasteiger partial charge >= 0.3 is 24.1 Å². The van der Waals surface area contributed by atoms with Gasteiger partial charge < -0.3 is 19.3 Å². The second kappa shape index (κ2) is 9.75. The van der Waals surface area contributed by atoms with Crippen molar-refractivity contribution in [2.45, 2.75) is 97.1 Å². The van der Waals surface area contributed by atoms with Gasteiger partial charge in [-0.25, -0.2) is 9.59 Å². The Hall–Kier alpha value is -1.84. The molecule has 0 saturated heterocycles. The van der Waals surface area contributed by atoms with Crippen LogP contribution in [-0.4, -0.2) is 53.1 Å². The van der Waals surface area contributed by atoms with E-state index in [-0.39, 0.29) is 24.9 Å². The topological polar surface area (TPSA) is 99.1 Å². The molecule has 7 nitrogen and oxygen atoms in total. The summed E-state index contributed by atoms with van der Waals surface area (Å²) in [7, 11) is 0. The van der Waals surface area contributed by atoms with Crippen LogP contribution in [0.15, 0.2) is 0 Å². The highest BCUT2D eigenvalue weighted by Crippen LogP contribution is 2.37. The van der Waals surface area contributed by atoms with E-state index in [4.69, 9.17) is 9.47 Å². The van der Waals surface area contributed by atoms with E-state index in [0.29, 0.717) is 32.1 Å². The van der Waals surface area contributed by atoms with Crippen LogP contribution in [0.4, 0.5) is 13.2 Å². The standard InChI is InChI=1S/C21H33F3O7/c1-7-18(2,3)16(26)30-14-10-8-13(9-11-14)19(4,5)31-15(25)12-29-17(27)20(6,28)21(22,23)24/h13-14,28H,7-12H2,1-6H3. The zero-order valence-corrected chi connectivity index (χ0v) is 18.9. The molecule has 1 aliphatic rings. The maximum atomic E-state index is 12.6. The Balaban J connectivity index is 2.54. The molecule has 1 unspecified atom stereocenters. The Morgan fingerprint density at radius 1 is 0.935 bits per heavy atom. The largest absolute Gasteiger partial charge is 0.462 e. The van der Waals surface area contributed by atoms with Gasteiger partial charge in [0.15, 0.2) is 6.61 Å². The molecule has 0 aliphatic heterocycles. The van der Waals surface area contributed by atoms with E-state index >= 15 is 0 Å². The molecule has 0 aromatic heterocycles. The number of carbonyl (C=O) groups is 3. The lowest BCUT2D eigenvalue weighted by molar-refractivity contribution is -0.257. The third-order valence-corrected chi connectivity index (χ3v) is 6.02. The number of ether oxygens (including phenoxy) is 3. The van der Waals surface area contributed by atoms with E-state index in [1.165, 1.54) is 0 Å². The highest BCUT2D eigenvalue weighted by atomic mass is 19.4. The molecule has 1 saturated carbocycles. The lowest BCUT2D eigenvalue weighted by atomic mass is 9.77. The number of esters is 3. The van der Waals surface area contributed by atoms with Gasteiger partial charge in [0.2, 0.25) is 0 Å². The van der Waals surface area contributed by atoms with Crippen molar-refractivity contribution in [3.05, 3.63) is 0 Å². The molecule has 0 spiro atoms. The summed E-state index contributed by atoms with van der Waals surface area (Å²) < 4.78 is 53.1. The Labute approximate surface area is 180 Å². The van der Waals surface area contributed by atoms with Crippen molar-refractivity contribution in [3.63, 3.8) is 0 Å². The summed E-state index contributed by atoms with van der Waals surface area (Å²) >= 11 is 0. The maximum Gasteiger partial charge on any atom is 0.427 e. The van der Waals surface area contributed by atoms with Crippen LogP contribution in [0.3, 0.4) is 0 Å². The summed E-state index contributed by atoms with van der Waals surface area (Å²) in [5, 5.41) is 9.23. The van der Waals surface area contributed by atoms with E-state index in [9.17, 15) is 32.7 Å². The molecule has 1 rings (SSSR count). The molecular weight excluding hydrogens is 421 g/mol. The number of hydrogen-bond acceptors (Lipinski definition) is 7. The van der Waals surface area contributed by atoms with Crippen molar-refractivity contribution in [2.24, 2.45) is 11.3 Å². The van der Waals surface area contributed by atoms with Crippen LogP contribution >= 0.6 is 0 Å². The van der Waals surface area contributed by atoms with Gasteiger partial charge in [-0.05, 0) is 72.6 Å². The lowest BCUT2D eigenvalue weighted by Crippen LogP contribution is -2.50. The fourth-order valence-electron chi connectivity index (χ4n) is 3.12. The predicted molar refractivity (Wildman–Crippen MR) is 104 cm³/mol. The first-order chi connectivity index (χ1) is 13.9. The van der Waals surface area contributed by atoms with Crippen molar-refractivity contribution in [1.82, 2.24) is 0 Å². The van der Waals surface area contributed by atoms with Gasteiger partial charge in [0, 0.05) is 0 Å². The Bertz CT molecular complexity index is 660. The van der Waals surface area contributed by atoms with E-state index in [2.05, 4.69) is 4.74 Å². The second-order valence-corrected chi connectivity index (χ2v) is 9.34. The number of alkyl halides is 3. The van der Waals surface area contributed by atoms with Gasteiger partial charge in [-0.1, -0.05) is 6.92 Å². The second-order valence-electron chi connectivity index (χ2n) is 9.34. The van der Waals surface area contributed by atoms with Gasteiger partial charge in [-0.15, -0.1) is 0 Å². The molecule has 1 fully saturated rings. The average Bonchev–Trinajstić information content (AvgIpc) is 2.65. The van der Waals surface area contributed by atoms with Crippen LogP contribution in [0.25, 0.3) is 0 Å².